The van der Waals surface area contributed by atoms with E-state index in [0.29, 0.717) is 11.3 Å². The minimum absolute atomic E-state index is 0.0516. The molecule has 1 atom stereocenters. The fourth-order valence-corrected chi connectivity index (χ4v) is 4.76. The molecule has 0 saturated carbocycles. The highest BCUT2D eigenvalue weighted by Gasteiger charge is 2.47. The van der Waals surface area contributed by atoms with Gasteiger partial charge >= 0.3 is 0 Å². The highest BCUT2D eigenvalue weighted by molar-refractivity contribution is 6.46. The maximum Gasteiger partial charge on any atom is 0.295 e. The Morgan fingerprint density at radius 2 is 1.85 bits per heavy atom. The second-order valence-electron chi connectivity index (χ2n) is 8.36. The van der Waals surface area contributed by atoms with Crippen LogP contribution in [0, 0.1) is 13.8 Å². The SMILES string of the molecule is COCCN1C(=O)C(=O)/C(=C(/O)c2cc(C)cc(C)c2OC)C1c1cn(C)c2ccccc12. The largest absolute Gasteiger partial charge is 0.507 e. The predicted molar refractivity (Wildman–Crippen MR) is 126 cm³/mol. The number of para-hydroxylation sites is 1. The average Bonchev–Trinajstić information content (AvgIpc) is 3.25. The summed E-state index contributed by atoms with van der Waals surface area (Å²) < 4.78 is 12.7. The number of aromatic nitrogens is 1. The lowest BCUT2D eigenvalue weighted by molar-refractivity contribution is -0.140. The molecule has 7 nitrogen and oxygen atoms in total. The van der Waals surface area contributed by atoms with Gasteiger partial charge in [-0.1, -0.05) is 24.3 Å². The molecule has 2 heterocycles. The highest BCUT2D eigenvalue weighted by atomic mass is 16.5. The van der Waals surface area contributed by atoms with Crippen LogP contribution >= 0.6 is 0 Å². The maximum atomic E-state index is 13.3. The number of rotatable bonds is 6. The number of methoxy groups -OCH3 is 2. The van der Waals surface area contributed by atoms with Gasteiger partial charge in [0.25, 0.3) is 11.7 Å². The standard InChI is InChI=1S/C26H28N2O5/c1-15-12-16(2)25(33-5)18(13-15)23(29)21-22(28(10-11-32-4)26(31)24(21)30)19-14-27(3)20-9-7-6-8-17(19)20/h6-9,12-14,22,29H,10-11H2,1-5H3/b23-21+. The van der Waals surface area contributed by atoms with Crippen molar-refractivity contribution >= 4 is 28.4 Å². The number of hydrogen-bond acceptors (Lipinski definition) is 5. The van der Waals surface area contributed by atoms with Crippen LogP contribution < -0.4 is 4.74 Å². The van der Waals surface area contributed by atoms with E-state index in [0.717, 1.165) is 27.6 Å². The van der Waals surface area contributed by atoms with Crippen molar-refractivity contribution in [2.45, 2.75) is 19.9 Å². The van der Waals surface area contributed by atoms with Crippen LogP contribution in [0.2, 0.25) is 0 Å². The zero-order chi connectivity index (χ0) is 23.9. The highest BCUT2D eigenvalue weighted by Crippen LogP contribution is 2.43. The van der Waals surface area contributed by atoms with E-state index in [1.807, 2.05) is 62.0 Å². The summed E-state index contributed by atoms with van der Waals surface area (Å²) in [5.41, 5.74) is 3.92. The van der Waals surface area contributed by atoms with Crippen molar-refractivity contribution < 1.29 is 24.2 Å². The molecule has 1 unspecified atom stereocenters. The summed E-state index contributed by atoms with van der Waals surface area (Å²) >= 11 is 0. The van der Waals surface area contributed by atoms with Crippen LogP contribution in [-0.2, 0) is 21.4 Å². The number of ketones is 1. The molecule has 2 aromatic carbocycles. The normalized spacial score (nSPS) is 17.8. The Morgan fingerprint density at radius 3 is 2.55 bits per heavy atom. The predicted octanol–water partition coefficient (Wildman–Crippen LogP) is 3.87. The molecule has 7 heteroatoms. The molecule has 33 heavy (non-hydrogen) atoms. The number of aliphatic hydroxyl groups is 1. The molecule has 0 bridgehead atoms. The first-order chi connectivity index (χ1) is 15.8. The molecule has 172 valence electrons. The minimum Gasteiger partial charge on any atom is -0.507 e. The van der Waals surface area contributed by atoms with E-state index in [4.69, 9.17) is 9.47 Å². The van der Waals surface area contributed by atoms with Crippen LogP contribution in [0.5, 0.6) is 5.75 Å². The number of fused-ring (bicyclic) bond motifs is 1. The fourth-order valence-electron chi connectivity index (χ4n) is 4.76. The molecule has 1 saturated heterocycles. The van der Waals surface area contributed by atoms with E-state index in [-0.39, 0.29) is 24.5 Å². The molecular formula is C26H28N2O5. The molecular weight excluding hydrogens is 420 g/mol. The van der Waals surface area contributed by atoms with Gasteiger partial charge < -0.3 is 24.0 Å². The van der Waals surface area contributed by atoms with Gasteiger partial charge in [-0.25, -0.2) is 0 Å². The number of aryl methyl sites for hydroxylation is 3. The van der Waals surface area contributed by atoms with Crippen molar-refractivity contribution in [1.82, 2.24) is 9.47 Å². The minimum atomic E-state index is -0.753. The van der Waals surface area contributed by atoms with E-state index in [9.17, 15) is 14.7 Å². The third-order valence-corrected chi connectivity index (χ3v) is 6.18. The molecule has 3 aromatic rings. The first-order valence-electron chi connectivity index (χ1n) is 10.8. The van der Waals surface area contributed by atoms with Crippen LogP contribution in [0.15, 0.2) is 48.2 Å². The summed E-state index contributed by atoms with van der Waals surface area (Å²) in [6, 6.07) is 10.7. The summed E-state index contributed by atoms with van der Waals surface area (Å²) in [4.78, 5) is 27.9. The Morgan fingerprint density at radius 1 is 1.12 bits per heavy atom. The van der Waals surface area contributed by atoms with Gasteiger partial charge in [0, 0.05) is 43.4 Å². The van der Waals surface area contributed by atoms with E-state index < -0.39 is 17.7 Å². The van der Waals surface area contributed by atoms with E-state index >= 15 is 0 Å². The number of likely N-dealkylation sites (tertiary alicyclic amines) is 1. The van der Waals surface area contributed by atoms with Gasteiger partial charge in [0.1, 0.15) is 11.5 Å². The Bertz CT molecular complexity index is 1290. The van der Waals surface area contributed by atoms with E-state index in [1.165, 1.54) is 12.0 Å². The van der Waals surface area contributed by atoms with Crippen LogP contribution in [0.3, 0.4) is 0 Å². The first-order valence-corrected chi connectivity index (χ1v) is 10.8. The van der Waals surface area contributed by atoms with Gasteiger partial charge in [0.15, 0.2) is 0 Å². The maximum absolute atomic E-state index is 13.3. The van der Waals surface area contributed by atoms with Gasteiger partial charge in [-0.3, -0.25) is 9.59 Å². The Hall–Kier alpha value is -3.58. The van der Waals surface area contributed by atoms with Gasteiger partial charge in [0.2, 0.25) is 0 Å². The zero-order valence-electron chi connectivity index (χ0n) is 19.5. The van der Waals surface area contributed by atoms with Crippen LogP contribution in [0.4, 0.5) is 0 Å². The van der Waals surface area contributed by atoms with E-state index in [2.05, 4.69) is 0 Å². The Labute approximate surface area is 192 Å². The number of ether oxygens (including phenoxy) is 2. The second-order valence-corrected chi connectivity index (χ2v) is 8.36. The van der Waals surface area contributed by atoms with Gasteiger partial charge in [0.05, 0.1) is 30.9 Å². The smallest absolute Gasteiger partial charge is 0.295 e. The van der Waals surface area contributed by atoms with Gasteiger partial charge in [-0.2, -0.15) is 0 Å². The molecule has 1 fully saturated rings. The lowest BCUT2D eigenvalue weighted by atomic mass is 9.93. The van der Waals surface area contributed by atoms with Crippen molar-refractivity contribution in [3.05, 3.63) is 70.4 Å². The molecule has 0 spiro atoms. The molecule has 1 aliphatic rings. The number of carbonyl (C=O) groups excluding carboxylic acids is 2. The van der Waals surface area contributed by atoms with Crippen molar-refractivity contribution in [3.8, 4) is 5.75 Å². The Kier molecular flexibility index (Phi) is 5.99. The number of aliphatic hydroxyl groups excluding tert-OH is 1. The fraction of sp³-hybridized carbons (Fsp3) is 0.308. The zero-order valence-corrected chi connectivity index (χ0v) is 19.5. The number of hydrogen-bond donors (Lipinski definition) is 1. The summed E-state index contributed by atoms with van der Waals surface area (Å²) in [6.45, 7) is 4.27. The first kappa shape index (κ1) is 22.6. The summed E-state index contributed by atoms with van der Waals surface area (Å²) in [7, 11) is 4.98. The molecule has 1 aliphatic heterocycles. The molecule has 0 radical (unpaired) electrons. The molecule has 0 aliphatic carbocycles. The van der Waals surface area contributed by atoms with Crippen molar-refractivity contribution in [2.24, 2.45) is 7.05 Å². The number of benzene rings is 2. The van der Waals surface area contributed by atoms with Crippen molar-refractivity contribution in [1.29, 1.82) is 0 Å². The number of nitrogens with zero attached hydrogens (tertiary/aromatic N) is 2. The van der Waals surface area contributed by atoms with E-state index in [1.54, 1.807) is 13.2 Å². The number of carbonyl (C=O) groups is 2. The van der Waals surface area contributed by atoms with Crippen molar-refractivity contribution in [3.63, 3.8) is 0 Å². The quantitative estimate of drug-likeness (QED) is 0.352. The topological polar surface area (TPSA) is 81.0 Å². The Balaban J connectivity index is 2.01. The van der Waals surface area contributed by atoms with Gasteiger partial charge in [-0.15, -0.1) is 0 Å². The summed E-state index contributed by atoms with van der Waals surface area (Å²) in [5, 5.41) is 12.4. The second kappa shape index (κ2) is 8.75. The average molecular weight is 449 g/mol. The number of amides is 1. The molecule has 4 rings (SSSR count). The molecule has 1 aromatic heterocycles. The van der Waals surface area contributed by atoms with Crippen molar-refractivity contribution in [2.75, 3.05) is 27.4 Å². The summed E-state index contributed by atoms with van der Waals surface area (Å²) in [6.07, 6.45) is 1.91. The summed E-state index contributed by atoms with van der Waals surface area (Å²) in [5.74, 6) is -1.15. The molecule has 1 amide bonds. The van der Waals surface area contributed by atoms with Crippen LogP contribution in [0.1, 0.15) is 28.3 Å². The third kappa shape index (κ3) is 3.68. The molecule has 1 N–H and O–H groups in total. The van der Waals surface area contributed by atoms with Crippen LogP contribution in [0.25, 0.3) is 16.7 Å². The monoisotopic (exact) mass is 448 g/mol. The number of Topliss-reactive ketones (excluding diaryl/α,β-unsaturated/α-hetero) is 1. The van der Waals surface area contributed by atoms with Crippen LogP contribution in [-0.4, -0.2) is 53.6 Å². The van der Waals surface area contributed by atoms with Gasteiger partial charge in [-0.05, 0) is 37.1 Å². The lowest BCUT2D eigenvalue weighted by Crippen LogP contribution is -2.32. The lowest BCUT2D eigenvalue weighted by Gasteiger charge is -2.25. The third-order valence-electron chi connectivity index (χ3n) is 6.18.